The van der Waals surface area contributed by atoms with Gasteiger partial charge in [-0.2, -0.15) is 4.31 Å². The molecule has 1 fully saturated rings. The quantitative estimate of drug-likeness (QED) is 0.704. The molecule has 0 aliphatic carbocycles. The number of rotatable bonds is 4. The summed E-state index contributed by atoms with van der Waals surface area (Å²) in [6.07, 6.45) is 0. The Labute approximate surface area is 148 Å². The van der Waals surface area contributed by atoms with Crippen LogP contribution in [0.5, 0.6) is 0 Å². The van der Waals surface area contributed by atoms with Crippen molar-refractivity contribution in [2.45, 2.75) is 17.8 Å². The maximum absolute atomic E-state index is 13.1. The maximum atomic E-state index is 13.1. The molecule has 1 saturated heterocycles. The highest BCUT2D eigenvalue weighted by Crippen LogP contribution is 2.52. The fourth-order valence-corrected chi connectivity index (χ4v) is 5.61. The van der Waals surface area contributed by atoms with Crippen LogP contribution in [0.4, 0.5) is 0 Å². The van der Waals surface area contributed by atoms with Gasteiger partial charge in [0.05, 0.1) is 6.04 Å². The number of sulfonamides is 1. The van der Waals surface area contributed by atoms with Gasteiger partial charge in [-0.1, -0.05) is 91.0 Å². The van der Waals surface area contributed by atoms with Crippen LogP contribution in [0.2, 0.25) is 0 Å². The summed E-state index contributed by atoms with van der Waals surface area (Å²) in [5, 5.41) is -0.528. The Hall–Kier alpha value is -2.43. The van der Waals surface area contributed by atoms with Gasteiger partial charge < -0.3 is 0 Å². The van der Waals surface area contributed by atoms with E-state index in [0.717, 1.165) is 16.7 Å². The van der Waals surface area contributed by atoms with Crippen molar-refractivity contribution in [2.75, 3.05) is 0 Å². The van der Waals surface area contributed by atoms with Crippen molar-refractivity contribution in [3.63, 3.8) is 0 Å². The molecule has 0 spiro atoms. The lowest BCUT2D eigenvalue weighted by Crippen LogP contribution is -2.52. The van der Waals surface area contributed by atoms with Crippen LogP contribution in [-0.2, 0) is 16.6 Å². The van der Waals surface area contributed by atoms with Gasteiger partial charge in [0.25, 0.3) is 0 Å². The molecule has 2 atom stereocenters. The molecule has 0 saturated carbocycles. The molecule has 0 N–H and O–H groups in total. The van der Waals surface area contributed by atoms with Crippen molar-refractivity contribution in [1.29, 1.82) is 0 Å². The van der Waals surface area contributed by atoms with Crippen molar-refractivity contribution < 1.29 is 8.42 Å². The van der Waals surface area contributed by atoms with E-state index in [2.05, 4.69) is 0 Å². The lowest BCUT2D eigenvalue weighted by Gasteiger charge is -2.47. The normalized spacial score (nSPS) is 22.2. The van der Waals surface area contributed by atoms with Crippen LogP contribution in [0, 0.1) is 0 Å². The van der Waals surface area contributed by atoms with Crippen LogP contribution in [0.3, 0.4) is 0 Å². The third-order valence-electron chi connectivity index (χ3n) is 4.70. The molecule has 0 bridgehead atoms. The number of hydrogen-bond acceptors (Lipinski definition) is 2. The first-order valence-electron chi connectivity index (χ1n) is 8.32. The van der Waals surface area contributed by atoms with E-state index in [9.17, 15) is 8.42 Å². The zero-order valence-electron chi connectivity index (χ0n) is 13.7. The zero-order valence-corrected chi connectivity index (χ0v) is 14.5. The second-order valence-corrected chi connectivity index (χ2v) is 8.27. The second kappa shape index (κ2) is 6.47. The summed E-state index contributed by atoms with van der Waals surface area (Å²) >= 11 is 0. The van der Waals surface area contributed by atoms with E-state index in [1.807, 2.05) is 91.0 Å². The predicted molar refractivity (Wildman–Crippen MR) is 99.3 cm³/mol. The van der Waals surface area contributed by atoms with E-state index in [0.29, 0.717) is 6.54 Å². The van der Waals surface area contributed by atoms with Crippen molar-refractivity contribution >= 4 is 10.0 Å². The van der Waals surface area contributed by atoms with E-state index in [-0.39, 0.29) is 6.04 Å². The molecule has 1 aliphatic rings. The summed E-state index contributed by atoms with van der Waals surface area (Å²) in [7, 11) is -3.38. The minimum Gasteiger partial charge on any atom is -0.211 e. The van der Waals surface area contributed by atoms with Crippen molar-refractivity contribution in [2.24, 2.45) is 0 Å². The van der Waals surface area contributed by atoms with Gasteiger partial charge >= 0.3 is 0 Å². The minimum absolute atomic E-state index is 0.172. The molecular formula is C21H19NO2S. The largest absolute Gasteiger partial charge is 0.224 e. The molecule has 4 heteroatoms. The zero-order chi connectivity index (χ0) is 17.3. The van der Waals surface area contributed by atoms with Gasteiger partial charge in [-0.15, -0.1) is 0 Å². The fourth-order valence-electron chi connectivity index (χ4n) is 3.50. The topological polar surface area (TPSA) is 37.4 Å². The Bertz CT molecular complexity index is 941. The highest BCUT2D eigenvalue weighted by atomic mass is 32.2. The molecule has 0 amide bonds. The van der Waals surface area contributed by atoms with Gasteiger partial charge in [0.15, 0.2) is 0 Å². The van der Waals surface area contributed by atoms with Crippen molar-refractivity contribution in [3.05, 3.63) is 108 Å². The molecule has 3 aromatic rings. The molecule has 3 aromatic carbocycles. The average molecular weight is 349 g/mol. The van der Waals surface area contributed by atoms with Crippen molar-refractivity contribution in [3.8, 4) is 0 Å². The van der Waals surface area contributed by atoms with Crippen LogP contribution in [0.25, 0.3) is 0 Å². The van der Waals surface area contributed by atoms with Gasteiger partial charge in [0.1, 0.15) is 5.25 Å². The van der Waals surface area contributed by atoms with E-state index in [1.165, 1.54) is 0 Å². The van der Waals surface area contributed by atoms with Crippen molar-refractivity contribution in [1.82, 2.24) is 4.31 Å². The third-order valence-corrected chi connectivity index (χ3v) is 6.88. The Kier molecular flexibility index (Phi) is 4.15. The molecule has 126 valence electrons. The SMILES string of the molecule is O=S1(=O)[C@@H](c2ccccc2)[C@@H](c2ccccc2)N1Cc1ccccc1. The third kappa shape index (κ3) is 2.88. The molecule has 0 radical (unpaired) electrons. The molecule has 25 heavy (non-hydrogen) atoms. The molecule has 4 rings (SSSR count). The van der Waals surface area contributed by atoms with E-state index in [4.69, 9.17) is 0 Å². The molecule has 1 heterocycles. The van der Waals surface area contributed by atoms with Gasteiger partial charge in [0.2, 0.25) is 10.0 Å². The minimum atomic E-state index is -3.38. The lowest BCUT2D eigenvalue weighted by atomic mass is 9.97. The average Bonchev–Trinajstić information content (AvgIpc) is 2.66. The Morgan fingerprint density at radius 1 is 0.680 bits per heavy atom. The van der Waals surface area contributed by atoms with Crippen LogP contribution in [0.15, 0.2) is 91.0 Å². The summed E-state index contributed by atoms with van der Waals surface area (Å²) < 4.78 is 27.7. The smallest absolute Gasteiger partial charge is 0.211 e. The summed E-state index contributed by atoms with van der Waals surface area (Å²) in [6, 6.07) is 29.0. The first kappa shape index (κ1) is 16.1. The van der Waals surface area contributed by atoms with E-state index in [1.54, 1.807) is 4.31 Å². The van der Waals surface area contributed by atoms with Crippen LogP contribution < -0.4 is 0 Å². The fraction of sp³-hybridized carbons (Fsp3) is 0.143. The van der Waals surface area contributed by atoms with E-state index >= 15 is 0 Å². The van der Waals surface area contributed by atoms with Crippen LogP contribution >= 0.6 is 0 Å². The summed E-state index contributed by atoms with van der Waals surface area (Å²) in [6.45, 7) is 0.395. The van der Waals surface area contributed by atoms with Gasteiger partial charge in [-0.3, -0.25) is 0 Å². The highest BCUT2D eigenvalue weighted by molar-refractivity contribution is 7.90. The van der Waals surface area contributed by atoms with Crippen LogP contribution in [-0.4, -0.2) is 12.7 Å². The number of nitrogens with zero attached hydrogens (tertiary/aromatic N) is 1. The summed E-state index contributed by atoms with van der Waals surface area (Å²) in [4.78, 5) is 0. The molecule has 0 unspecified atom stereocenters. The first-order valence-corrected chi connectivity index (χ1v) is 9.83. The first-order chi connectivity index (χ1) is 12.2. The monoisotopic (exact) mass is 349 g/mol. The second-order valence-electron chi connectivity index (χ2n) is 6.26. The lowest BCUT2D eigenvalue weighted by molar-refractivity contribution is 0.243. The van der Waals surface area contributed by atoms with Crippen LogP contribution in [0.1, 0.15) is 28.0 Å². The molecule has 0 aromatic heterocycles. The molecule has 1 aliphatic heterocycles. The number of benzene rings is 3. The Morgan fingerprint density at radius 3 is 1.72 bits per heavy atom. The molecular weight excluding hydrogens is 330 g/mol. The number of hydrogen-bond donors (Lipinski definition) is 0. The summed E-state index contributed by atoms with van der Waals surface area (Å²) in [5.74, 6) is 0. The summed E-state index contributed by atoms with van der Waals surface area (Å²) in [5.41, 5.74) is 2.88. The Balaban J connectivity index is 1.75. The van der Waals surface area contributed by atoms with E-state index < -0.39 is 15.3 Å². The van der Waals surface area contributed by atoms with Gasteiger partial charge in [-0.25, -0.2) is 8.42 Å². The van der Waals surface area contributed by atoms with Gasteiger partial charge in [-0.05, 0) is 16.7 Å². The Morgan fingerprint density at radius 2 is 1.16 bits per heavy atom. The maximum Gasteiger partial charge on any atom is 0.224 e. The standard InChI is InChI=1S/C21H19NO2S/c23-25(24)21(19-14-8-3-9-15-19)20(18-12-6-2-7-13-18)22(25)16-17-10-4-1-5-11-17/h1-15,20-21H,16H2/t20-,21+/m1/s1. The van der Waals surface area contributed by atoms with Gasteiger partial charge in [0, 0.05) is 6.54 Å². The highest BCUT2D eigenvalue weighted by Gasteiger charge is 2.54. The predicted octanol–water partition coefficient (Wildman–Crippen LogP) is 4.31. The molecule has 3 nitrogen and oxygen atoms in total.